The fourth-order valence-electron chi connectivity index (χ4n) is 3.87. The largest absolute Gasteiger partial charge is 0.417 e. The third kappa shape index (κ3) is 5.37. The van der Waals surface area contributed by atoms with E-state index in [0.29, 0.717) is 31.4 Å². The van der Waals surface area contributed by atoms with Crippen LogP contribution in [0.3, 0.4) is 0 Å². The standard InChI is InChI=1S/C23H25F3N2O3/c1-3-27-21(29)16-8-11-17(14-16)28(2)22(30)31-18-12-9-15(10-13-18)19-6-4-5-7-20(19)23(24,25)26/h4-7,9-10,12-13,16-17H,3,8,11,14H2,1-2H3,(H,27,29)/t16-,17+/m0/s1. The zero-order chi connectivity index (χ0) is 22.6. The average Bonchev–Trinajstić information content (AvgIpc) is 3.24. The van der Waals surface area contributed by atoms with E-state index in [4.69, 9.17) is 4.74 Å². The first-order chi connectivity index (χ1) is 14.7. The molecular weight excluding hydrogens is 409 g/mol. The number of amides is 2. The lowest BCUT2D eigenvalue weighted by molar-refractivity contribution is -0.137. The van der Waals surface area contributed by atoms with Crippen LogP contribution in [0.4, 0.5) is 18.0 Å². The third-order valence-corrected chi connectivity index (χ3v) is 5.57. The maximum Gasteiger partial charge on any atom is 0.417 e. The van der Waals surface area contributed by atoms with E-state index in [1.54, 1.807) is 13.1 Å². The van der Waals surface area contributed by atoms with Gasteiger partial charge in [0.15, 0.2) is 0 Å². The third-order valence-electron chi connectivity index (χ3n) is 5.57. The average molecular weight is 434 g/mol. The molecule has 2 aromatic carbocycles. The van der Waals surface area contributed by atoms with E-state index in [1.807, 2.05) is 6.92 Å². The van der Waals surface area contributed by atoms with E-state index in [9.17, 15) is 22.8 Å². The van der Waals surface area contributed by atoms with Crippen molar-refractivity contribution in [2.75, 3.05) is 13.6 Å². The van der Waals surface area contributed by atoms with Crippen molar-refractivity contribution in [1.82, 2.24) is 10.2 Å². The van der Waals surface area contributed by atoms with Crippen LogP contribution in [0.1, 0.15) is 31.7 Å². The minimum atomic E-state index is -4.46. The molecule has 166 valence electrons. The number of halogens is 3. The highest BCUT2D eigenvalue weighted by Crippen LogP contribution is 2.37. The second-order valence-electron chi connectivity index (χ2n) is 7.60. The van der Waals surface area contributed by atoms with Crippen molar-refractivity contribution in [3.63, 3.8) is 0 Å². The zero-order valence-corrected chi connectivity index (χ0v) is 17.4. The normalized spacial score (nSPS) is 18.5. The van der Waals surface area contributed by atoms with Crippen molar-refractivity contribution in [3.8, 4) is 16.9 Å². The van der Waals surface area contributed by atoms with Gasteiger partial charge in [-0.15, -0.1) is 0 Å². The summed E-state index contributed by atoms with van der Waals surface area (Å²) in [6, 6.07) is 11.2. The number of ether oxygens (including phenoxy) is 1. The fourth-order valence-corrected chi connectivity index (χ4v) is 3.87. The van der Waals surface area contributed by atoms with Gasteiger partial charge >= 0.3 is 12.3 Å². The van der Waals surface area contributed by atoms with Crippen LogP contribution in [0.2, 0.25) is 0 Å². The molecule has 0 aromatic heterocycles. The van der Waals surface area contributed by atoms with Gasteiger partial charge in [0, 0.05) is 25.6 Å². The van der Waals surface area contributed by atoms with Gasteiger partial charge in [0.05, 0.1) is 5.56 Å². The molecule has 0 radical (unpaired) electrons. The second-order valence-corrected chi connectivity index (χ2v) is 7.60. The van der Waals surface area contributed by atoms with Gasteiger partial charge in [-0.1, -0.05) is 30.3 Å². The first-order valence-corrected chi connectivity index (χ1v) is 10.2. The number of rotatable bonds is 5. The van der Waals surface area contributed by atoms with Gasteiger partial charge < -0.3 is 15.0 Å². The van der Waals surface area contributed by atoms with Gasteiger partial charge in [-0.25, -0.2) is 4.79 Å². The molecule has 5 nitrogen and oxygen atoms in total. The van der Waals surface area contributed by atoms with Crippen LogP contribution in [0.25, 0.3) is 11.1 Å². The summed E-state index contributed by atoms with van der Waals surface area (Å²) in [5, 5.41) is 2.80. The van der Waals surface area contributed by atoms with Gasteiger partial charge in [-0.05, 0) is 55.5 Å². The fraction of sp³-hybridized carbons (Fsp3) is 0.391. The monoisotopic (exact) mass is 434 g/mol. The topological polar surface area (TPSA) is 58.6 Å². The Morgan fingerprint density at radius 2 is 1.77 bits per heavy atom. The summed E-state index contributed by atoms with van der Waals surface area (Å²) >= 11 is 0. The minimum Gasteiger partial charge on any atom is -0.410 e. The molecule has 2 atom stereocenters. The summed E-state index contributed by atoms with van der Waals surface area (Å²) < 4.78 is 45.1. The molecular formula is C23H25F3N2O3. The van der Waals surface area contributed by atoms with Crippen LogP contribution in [0.15, 0.2) is 48.5 Å². The predicted octanol–water partition coefficient (Wildman–Crippen LogP) is 5.11. The Morgan fingerprint density at radius 1 is 1.10 bits per heavy atom. The number of nitrogens with zero attached hydrogens (tertiary/aromatic N) is 1. The van der Waals surface area contributed by atoms with Gasteiger partial charge in [-0.3, -0.25) is 4.79 Å². The molecule has 1 fully saturated rings. The maximum absolute atomic E-state index is 13.2. The quantitative estimate of drug-likeness (QED) is 0.712. The highest BCUT2D eigenvalue weighted by atomic mass is 19.4. The molecule has 0 spiro atoms. The Morgan fingerprint density at radius 3 is 2.42 bits per heavy atom. The first-order valence-electron chi connectivity index (χ1n) is 10.2. The van der Waals surface area contributed by atoms with E-state index in [1.165, 1.54) is 41.3 Å². The molecule has 1 N–H and O–H groups in total. The summed E-state index contributed by atoms with van der Waals surface area (Å²) in [5.74, 6) is 0.123. The number of hydrogen-bond acceptors (Lipinski definition) is 3. The van der Waals surface area contributed by atoms with Gasteiger partial charge in [0.2, 0.25) is 5.91 Å². The SMILES string of the molecule is CCNC(=O)[C@H]1CC[C@@H](N(C)C(=O)Oc2ccc(-c3ccccc3C(F)(F)F)cc2)C1. The molecule has 1 aliphatic carbocycles. The second kappa shape index (κ2) is 9.41. The number of carbonyl (C=O) groups is 2. The van der Waals surface area contributed by atoms with Crippen LogP contribution in [0.5, 0.6) is 5.75 Å². The van der Waals surface area contributed by atoms with Crippen molar-refractivity contribution < 1.29 is 27.5 Å². The Kier molecular flexibility index (Phi) is 6.87. The molecule has 0 saturated heterocycles. The maximum atomic E-state index is 13.2. The number of benzene rings is 2. The summed E-state index contributed by atoms with van der Waals surface area (Å²) in [4.78, 5) is 26.0. The minimum absolute atomic E-state index is 0.00138. The lowest BCUT2D eigenvalue weighted by Gasteiger charge is -2.24. The molecule has 8 heteroatoms. The van der Waals surface area contributed by atoms with Crippen molar-refractivity contribution in [1.29, 1.82) is 0 Å². The predicted molar refractivity (Wildman–Crippen MR) is 110 cm³/mol. The lowest BCUT2D eigenvalue weighted by atomic mass is 9.99. The summed E-state index contributed by atoms with van der Waals surface area (Å²) in [7, 11) is 1.63. The van der Waals surface area contributed by atoms with E-state index in [0.717, 1.165) is 6.07 Å². The number of hydrogen-bond donors (Lipinski definition) is 1. The summed E-state index contributed by atoms with van der Waals surface area (Å²) in [6.07, 6.45) is -3.03. The van der Waals surface area contributed by atoms with E-state index < -0.39 is 17.8 Å². The molecule has 2 amide bonds. The van der Waals surface area contributed by atoms with Crippen LogP contribution in [0, 0.1) is 5.92 Å². The molecule has 0 unspecified atom stereocenters. The van der Waals surface area contributed by atoms with Crippen LogP contribution in [-0.2, 0) is 11.0 Å². The molecule has 3 rings (SSSR count). The highest BCUT2D eigenvalue weighted by molar-refractivity contribution is 5.79. The van der Waals surface area contributed by atoms with E-state index in [-0.39, 0.29) is 29.2 Å². The van der Waals surface area contributed by atoms with Crippen LogP contribution in [-0.4, -0.2) is 36.5 Å². The molecule has 0 aliphatic heterocycles. The highest BCUT2D eigenvalue weighted by Gasteiger charge is 2.35. The van der Waals surface area contributed by atoms with Crippen molar-refractivity contribution in [3.05, 3.63) is 54.1 Å². The van der Waals surface area contributed by atoms with Crippen molar-refractivity contribution >= 4 is 12.0 Å². The summed E-state index contributed by atoms with van der Waals surface area (Å²) in [6.45, 7) is 2.43. The Labute approximate surface area is 179 Å². The first kappa shape index (κ1) is 22.7. The lowest BCUT2D eigenvalue weighted by Crippen LogP contribution is -2.38. The zero-order valence-electron chi connectivity index (χ0n) is 17.4. The van der Waals surface area contributed by atoms with E-state index in [2.05, 4.69) is 5.32 Å². The van der Waals surface area contributed by atoms with Gasteiger partial charge in [0.1, 0.15) is 5.75 Å². The summed E-state index contributed by atoms with van der Waals surface area (Å²) in [5.41, 5.74) is -0.281. The Hall–Kier alpha value is -3.03. The van der Waals surface area contributed by atoms with E-state index >= 15 is 0 Å². The van der Waals surface area contributed by atoms with Crippen molar-refractivity contribution in [2.24, 2.45) is 5.92 Å². The van der Waals surface area contributed by atoms with Crippen molar-refractivity contribution in [2.45, 2.75) is 38.4 Å². The number of carbonyl (C=O) groups excluding carboxylic acids is 2. The van der Waals surface area contributed by atoms with Crippen LogP contribution >= 0.6 is 0 Å². The van der Waals surface area contributed by atoms with Gasteiger partial charge in [-0.2, -0.15) is 13.2 Å². The molecule has 2 aromatic rings. The Balaban J connectivity index is 1.64. The number of alkyl halides is 3. The molecule has 31 heavy (non-hydrogen) atoms. The molecule has 1 aliphatic rings. The van der Waals surface area contributed by atoms with Gasteiger partial charge in [0.25, 0.3) is 0 Å². The number of nitrogens with one attached hydrogen (secondary N) is 1. The molecule has 0 heterocycles. The van der Waals surface area contributed by atoms with Crippen LogP contribution < -0.4 is 10.1 Å². The Bertz CT molecular complexity index is 928. The molecule has 1 saturated carbocycles. The molecule has 0 bridgehead atoms. The smallest absolute Gasteiger partial charge is 0.410 e.